The third-order valence-electron chi connectivity index (χ3n) is 4.69. The predicted octanol–water partition coefficient (Wildman–Crippen LogP) is 5.00. The summed E-state index contributed by atoms with van der Waals surface area (Å²) in [6, 6.07) is 11.0. The minimum atomic E-state index is -0.465. The second-order valence-corrected chi connectivity index (χ2v) is 9.17. The zero-order valence-electron chi connectivity index (χ0n) is 15.5. The molecule has 1 amide bonds. The molecule has 0 radical (unpaired) electrons. The van der Waals surface area contributed by atoms with Crippen LogP contribution in [0.5, 0.6) is 0 Å². The summed E-state index contributed by atoms with van der Waals surface area (Å²) in [4.78, 5) is 13.5. The maximum Gasteiger partial charge on any atom is 0.408 e. The van der Waals surface area contributed by atoms with Crippen molar-refractivity contribution in [2.24, 2.45) is 0 Å². The largest absolute Gasteiger partial charge is 0.444 e. The van der Waals surface area contributed by atoms with Crippen LogP contribution in [-0.4, -0.2) is 23.8 Å². The van der Waals surface area contributed by atoms with Crippen LogP contribution >= 0.6 is 11.3 Å². The van der Waals surface area contributed by atoms with Gasteiger partial charge in [-0.2, -0.15) is 0 Å². The second-order valence-electron chi connectivity index (χ2n) is 8.05. The predicted molar refractivity (Wildman–Crippen MR) is 104 cm³/mol. The molecule has 1 atom stereocenters. The molecule has 2 aromatic rings. The minimum Gasteiger partial charge on any atom is -0.444 e. The van der Waals surface area contributed by atoms with Gasteiger partial charge in [0.05, 0.1) is 5.54 Å². The van der Waals surface area contributed by atoms with Gasteiger partial charge in [-0.3, -0.25) is 0 Å². The topological polar surface area (TPSA) is 50.4 Å². The lowest BCUT2D eigenvalue weighted by molar-refractivity contribution is 0.0379. The van der Waals surface area contributed by atoms with Crippen LogP contribution in [0.2, 0.25) is 0 Å². The van der Waals surface area contributed by atoms with E-state index in [0.717, 1.165) is 25.8 Å². The Morgan fingerprint density at radius 1 is 1.32 bits per heavy atom. The van der Waals surface area contributed by atoms with Crippen LogP contribution in [0.4, 0.5) is 4.79 Å². The zero-order chi connectivity index (χ0) is 18.1. The fourth-order valence-corrected chi connectivity index (χ4v) is 4.23. The van der Waals surface area contributed by atoms with Crippen molar-refractivity contribution in [1.29, 1.82) is 0 Å². The first-order valence-electron chi connectivity index (χ1n) is 8.99. The van der Waals surface area contributed by atoms with Crippen LogP contribution in [0.15, 0.2) is 30.3 Å². The Balaban J connectivity index is 1.59. The smallest absolute Gasteiger partial charge is 0.408 e. The van der Waals surface area contributed by atoms with Crippen LogP contribution in [-0.2, 0) is 4.74 Å². The van der Waals surface area contributed by atoms with Gasteiger partial charge in [0.25, 0.3) is 0 Å². The fraction of sp³-hybridized carbons (Fsp3) is 0.550. The molecule has 1 saturated carbocycles. The molecule has 1 heterocycles. The van der Waals surface area contributed by atoms with Crippen molar-refractivity contribution < 1.29 is 9.53 Å². The number of amides is 1. The number of thiophene rings is 1. The van der Waals surface area contributed by atoms with Crippen molar-refractivity contribution in [2.75, 3.05) is 6.54 Å². The number of hydrogen-bond acceptors (Lipinski definition) is 4. The molecule has 136 valence electrons. The molecule has 1 aromatic heterocycles. The van der Waals surface area contributed by atoms with E-state index in [-0.39, 0.29) is 17.7 Å². The average Bonchev–Trinajstić information content (AvgIpc) is 2.91. The number of carbonyl (C=O) groups is 1. The van der Waals surface area contributed by atoms with Crippen molar-refractivity contribution in [3.63, 3.8) is 0 Å². The number of rotatable bonds is 5. The van der Waals surface area contributed by atoms with E-state index >= 15 is 0 Å². The standard InChI is InChI=1S/C20H28N2O2S/c1-14(17-12-15-8-5-6-9-16(15)25-17)21-13-20(10-7-11-20)22-18(23)24-19(2,3)4/h5-6,8-9,12,14,21H,7,10-11,13H2,1-4H3,(H,22,23). The van der Waals surface area contributed by atoms with Gasteiger partial charge in [0.1, 0.15) is 5.60 Å². The Hall–Kier alpha value is -1.59. The molecule has 0 spiro atoms. The van der Waals surface area contributed by atoms with Gasteiger partial charge in [-0.05, 0) is 64.5 Å². The van der Waals surface area contributed by atoms with Gasteiger partial charge in [-0.1, -0.05) is 18.2 Å². The number of nitrogens with one attached hydrogen (secondary N) is 2. The molecule has 2 N–H and O–H groups in total. The van der Waals surface area contributed by atoms with Crippen LogP contribution in [0.3, 0.4) is 0 Å². The highest BCUT2D eigenvalue weighted by Crippen LogP contribution is 2.34. The molecule has 3 rings (SSSR count). The van der Waals surface area contributed by atoms with E-state index in [1.54, 1.807) is 0 Å². The summed E-state index contributed by atoms with van der Waals surface area (Å²) in [5, 5.41) is 8.00. The SMILES string of the molecule is CC(NCC1(NC(=O)OC(C)(C)C)CCC1)c1cc2ccccc2s1. The third kappa shape index (κ3) is 4.53. The van der Waals surface area contributed by atoms with Gasteiger partial charge in [0, 0.05) is 22.2 Å². The van der Waals surface area contributed by atoms with Crippen LogP contribution in [0.1, 0.15) is 57.9 Å². The summed E-state index contributed by atoms with van der Waals surface area (Å²) in [6.07, 6.45) is 2.83. The van der Waals surface area contributed by atoms with E-state index in [4.69, 9.17) is 4.74 Å². The molecule has 4 nitrogen and oxygen atoms in total. The quantitative estimate of drug-likeness (QED) is 0.789. The first kappa shape index (κ1) is 18.2. The van der Waals surface area contributed by atoms with Gasteiger partial charge in [0.15, 0.2) is 0 Å². The monoisotopic (exact) mass is 360 g/mol. The van der Waals surface area contributed by atoms with Gasteiger partial charge < -0.3 is 15.4 Å². The number of hydrogen-bond donors (Lipinski definition) is 2. The lowest BCUT2D eigenvalue weighted by atomic mass is 9.76. The maximum absolute atomic E-state index is 12.1. The Bertz CT molecular complexity index is 710. The van der Waals surface area contributed by atoms with E-state index < -0.39 is 5.60 Å². The lowest BCUT2D eigenvalue weighted by Gasteiger charge is -2.43. The molecular formula is C20H28N2O2S. The molecular weight excluding hydrogens is 332 g/mol. The molecule has 0 bridgehead atoms. The molecule has 1 aliphatic carbocycles. The van der Waals surface area contributed by atoms with Crippen molar-refractivity contribution in [2.45, 2.75) is 64.1 Å². The average molecular weight is 361 g/mol. The zero-order valence-corrected chi connectivity index (χ0v) is 16.3. The molecule has 1 fully saturated rings. The number of benzene rings is 1. The van der Waals surface area contributed by atoms with Crippen molar-refractivity contribution in [1.82, 2.24) is 10.6 Å². The molecule has 0 aliphatic heterocycles. The lowest BCUT2D eigenvalue weighted by Crippen LogP contribution is -2.60. The van der Waals surface area contributed by atoms with Crippen LogP contribution < -0.4 is 10.6 Å². The molecule has 0 saturated heterocycles. The van der Waals surface area contributed by atoms with Gasteiger partial charge >= 0.3 is 6.09 Å². The van der Waals surface area contributed by atoms with Crippen molar-refractivity contribution >= 4 is 27.5 Å². The Morgan fingerprint density at radius 3 is 2.64 bits per heavy atom. The van der Waals surface area contributed by atoms with Crippen LogP contribution in [0, 0.1) is 0 Å². The highest BCUT2D eigenvalue weighted by atomic mass is 32.1. The summed E-state index contributed by atoms with van der Waals surface area (Å²) in [5.74, 6) is 0. The first-order chi connectivity index (χ1) is 11.8. The van der Waals surface area contributed by atoms with Crippen LogP contribution in [0.25, 0.3) is 10.1 Å². The van der Waals surface area contributed by atoms with E-state index in [1.165, 1.54) is 15.0 Å². The van der Waals surface area contributed by atoms with E-state index in [2.05, 4.69) is 47.9 Å². The molecule has 1 aromatic carbocycles. The summed E-state index contributed by atoms with van der Waals surface area (Å²) >= 11 is 1.83. The normalized spacial score (nSPS) is 17.8. The summed E-state index contributed by atoms with van der Waals surface area (Å²) in [7, 11) is 0. The highest BCUT2D eigenvalue weighted by Gasteiger charge is 2.39. The van der Waals surface area contributed by atoms with Gasteiger partial charge in [-0.15, -0.1) is 11.3 Å². The molecule has 1 unspecified atom stereocenters. The molecule has 5 heteroatoms. The fourth-order valence-electron chi connectivity index (χ4n) is 3.13. The summed E-state index contributed by atoms with van der Waals surface area (Å²) in [6.45, 7) is 8.62. The van der Waals surface area contributed by atoms with E-state index in [0.29, 0.717) is 0 Å². The Morgan fingerprint density at radius 2 is 2.04 bits per heavy atom. The van der Waals surface area contributed by atoms with E-state index in [9.17, 15) is 4.79 Å². The van der Waals surface area contributed by atoms with Crippen molar-refractivity contribution in [3.05, 3.63) is 35.2 Å². The Labute approximate surface area is 154 Å². The maximum atomic E-state index is 12.1. The summed E-state index contributed by atoms with van der Waals surface area (Å²) < 4.78 is 6.74. The first-order valence-corrected chi connectivity index (χ1v) is 9.81. The minimum absolute atomic E-state index is 0.173. The number of alkyl carbamates (subject to hydrolysis) is 1. The number of ether oxygens (including phenoxy) is 1. The van der Waals surface area contributed by atoms with Gasteiger partial charge in [-0.25, -0.2) is 4.79 Å². The highest BCUT2D eigenvalue weighted by molar-refractivity contribution is 7.19. The van der Waals surface area contributed by atoms with E-state index in [1.807, 2.05) is 32.1 Å². The Kier molecular flexibility index (Phi) is 5.07. The summed E-state index contributed by atoms with van der Waals surface area (Å²) in [5.41, 5.74) is -0.639. The van der Waals surface area contributed by atoms with Crippen molar-refractivity contribution in [3.8, 4) is 0 Å². The molecule has 1 aliphatic rings. The number of fused-ring (bicyclic) bond motifs is 1. The second kappa shape index (κ2) is 6.96. The number of carbonyl (C=O) groups excluding carboxylic acids is 1. The van der Waals surface area contributed by atoms with Gasteiger partial charge in [0.2, 0.25) is 0 Å². The third-order valence-corrected chi connectivity index (χ3v) is 5.99. The molecule has 25 heavy (non-hydrogen) atoms.